The van der Waals surface area contributed by atoms with Gasteiger partial charge in [0, 0.05) is 10.5 Å². The highest BCUT2D eigenvalue weighted by molar-refractivity contribution is 6.46. The lowest BCUT2D eigenvalue weighted by Crippen LogP contribution is -2.38. The molecule has 0 spiro atoms. The molecule has 0 aliphatic heterocycles. The summed E-state index contributed by atoms with van der Waals surface area (Å²) in [6.07, 6.45) is 0. The van der Waals surface area contributed by atoms with Crippen molar-refractivity contribution in [2.75, 3.05) is 0 Å². The van der Waals surface area contributed by atoms with Gasteiger partial charge in [-0.3, -0.25) is 9.59 Å². The molecule has 0 N–H and O–H groups in total. The van der Waals surface area contributed by atoms with Crippen LogP contribution >= 0.6 is 0 Å². The lowest BCUT2D eigenvalue weighted by atomic mass is 9.76. The molecule has 0 aromatic heterocycles. The molecule has 6 heteroatoms. The van der Waals surface area contributed by atoms with Crippen molar-refractivity contribution >= 4 is 17.1 Å². The number of rotatable bonds is 3. The molecular formula is C18H10N4O2. The van der Waals surface area contributed by atoms with Gasteiger partial charge in [-0.25, -0.2) is 0 Å². The van der Waals surface area contributed by atoms with Gasteiger partial charge in [0.05, 0.1) is 11.8 Å². The molecule has 3 rings (SSSR count). The Morgan fingerprint density at radius 1 is 0.958 bits per heavy atom. The Hall–Kier alpha value is -3.68. The first-order valence-electron chi connectivity index (χ1n) is 7.08. The molecule has 2 aromatic rings. The highest BCUT2D eigenvalue weighted by Crippen LogP contribution is 2.42. The fourth-order valence-electron chi connectivity index (χ4n) is 2.82. The Labute approximate surface area is 137 Å². The number of ketones is 2. The van der Waals surface area contributed by atoms with Crippen LogP contribution in [0, 0.1) is 11.3 Å². The SMILES string of the molecule is N#CC1(c2ccccc2)C(=O)C(N=[N+]=[N-])=C(c2ccccc2)C1=O. The lowest BCUT2D eigenvalue weighted by molar-refractivity contribution is -0.125. The summed E-state index contributed by atoms with van der Waals surface area (Å²) in [6.45, 7) is 0. The van der Waals surface area contributed by atoms with Gasteiger partial charge in [0.2, 0.25) is 5.41 Å². The van der Waals surface area contributed by atoms with Crippen molar-refractivity contribution in [1.29, 1.82) is 5.26 Å². The molecule has 1 aliphatic rings. The number of hydrogen-bond acceptors (Lipinski definition) is 4. The van der Waals surface area contributed by atoms with Crippen molar-refractivity contribution in [3.8, 4) is 6.07 Å². The molecule has 114 valence electrons. The third kappa shape index (κ3) is 2.01. The maximum Gasteiger partial charge on any atom is 0.207 e. The first-order valence-corrected chi connectivity index (χ1v) is 7.08. The molecule has 0 fully saturated rings. The van der Waals surface area contributed by atoms with Gasteiger partial charge in [0.25, 0.3) is 0 Å². The van der Waals surface area contributed by atoms with Crippen molar-refractivity contribution in [3.63, 3.8) is 0 Å². The fourth-order valence-corrected chi connectivity index (χ4v) is 2.82. The van der Waals surface area contributed by atoms with Crippen LogP contribution in [-0.2, 0) is 15.0 Å². The van der Waals surface area contributed by atoms with E-state index in [9.17, 15) is 14.9 Å². The Morgan fingerprint density at radius 2 is 1.54 bits per heavy atom. The van der Waals surface area contributed by atoms with Crippen LogP contribution in [0.1, 0.15) is 11.1 Å². The number of nitrogens with zero attached hydrogens (tertiary/aromatic N) is 4. The third-order valence-corrected chi connectivity index (χ3v) is 3.94. The first kappa shape index (κ1) is 15.2. The molecule has 1 aliphatic carbocycles. The number of carbonyl (C=O) groups is 2. The van der Waals surface area contributed by atoms with Crippen molar-refractivity contribution in [2.24, 2.45) is 5.11 Å². The molecule has 0 saturated heterocycles. The van der Waals surface area contributed by atoms with Crippen LogP contribution in [0.3, 0.4) is 0 Å². The minimum atomic E-state index is -2.02. The zero-order valence-electron chi connectivity index (χ0n) is 12.4. The van der Waals surface area contributed by atoms with Gasteiger partial charge in [-0.05, 0) is 16.7 Å². The summed E-state index contributed by atoms with van der Waals surface area (Å²) in [6, 6.07) is 18.4. The first-order chi connectivity index (χ1) is 11.7. The van der Waals surface area contributed by atoms with Crippen LogP contribution in [0.2, 0.25) is 0 Å². The highest BCUT2D eigenvalue weighted by Gasteiger charge is 2.56. The average Bonchev–Trinajstić information content (AvgIpc) is 2.84. The van der Waals surface area contributed by atoms with Crippen molar-refractivity contribution in [2.45, 2.75) is 5.41 Å². The second kappa shape index (κ2) is 5.84. The van der Waals surface area contributed by atoms with Gasteiger partial charge in [0.1, 0.15) is 0 Å². The van der Waals surface area contributed by atoms with E-state index in [1.807, 2.05) is 6.07 Å². The van der Waals surface area contributed by atoms with Crippen LogP contribution < -0.4 is 0 Å². The van der Waals surface area contributed by atoms with E-state index >= 15 is 0 Å². The number of carbonyl (C=O) groups excluding carboxylic acids is 2. The van der Waals surface area contributed by atoms with Crippen molar-refractivity contribution in [3.05, 3.63) is 87.9 Å². The molecule has 2 aromatic carbocycles. The minimum Gasteiger partial charge on any atom is -0.292 e. The van der Waals surface area contributed by atoms with E-state index in [1.54, 1.807) is 60.7 Å². The molecule has 1 unspecified atom stereocenters. The molecule has 0 heterocycles. The predicted octanol–water partition coefficient (Wildman–Crippen LogP) is 3.32. The molecule has 1 atom stereocenters. The van der Waals surface area contributed by atoms with E-state index in [4.69, 9.17) is 5.53 Å². The van der Waals surface area contributed by atoms with Crippen LogP contribution in [-0.4, -0.2) is 11.6 Å². The van der Waals surface area contributed by atoms with E-state index in [-0.39, 0.29) is 16.8 Å². The van der Waals surface area contributed by atoms with Crippen molar-refractivity contribution < 1.29 is 9.59 Å². The Balaban J connectivity index is 2.30. The number of benzene rings is 2. The molecule has 24 heavy (non-hydrogen) atoms. The molecule has 0 saturated carbocycles. The van der Waals surface area contributed by atoms with E-state index in [0.717, 1.165) is 0 Å². The highest BCUT2D eigenvalue weighted by atomic mass is 16.2. The normalized spacial score (nSPS) is 19.8. The zero-order valence-corrected chi connectivity index (χ0v) is 12.4. The predicted molar refractivity (Wildman–Crippen MR) is 86.3 cm³/mol. The van der Waals surface area contributed by atoms with E-state index in [1.165, 1.54) is 0 Å². The third-order valence-electron chi connectivity index (χ3n) is 3.94. The van der Waals surface area contributed by atoms with Crippen LogP contribution in [0.25, 0.3) is 16.0 Å². The Bertz CT molecular complexity index is 952. The maximum absolute atomic E-state index is 13.1. The number of Topliss-reactive ketones (excluding diaryl/α,β-unsaturated/α-hetero) is 2. The van der Waals surface area contributed by atoms with Gasteiger partial charge < -0.3 is 0 Å². The molecule has 0 radical (unpaired) electrons. The smallest absolute Gasteiger partial charge is 0.207 e. The summed E-state index contributed by atoms with van der Waals surface area (Å²) in [5.74, 6) is -1.47. The van der Waals surface area contributed by atoms with Gasteiger partial charge in [-0.2, -0.15) is 5.26 Å². The van der Waals surface area contributed by atoms with E-state index < -0.39 is 17.0 Å². The second-order valence-electron chi connectivity index (χ2n) is 5.17. The number of azide groups is 1. The summed E-state index contributed by atoms with van der Waals surface area (Å²) in [5, 5.41) is 13.1. The largest absolute Gasteiger partial charge is 0.292 e. The number of nitriles is 1. The number of allylic oxidation sites excluding steroid dienone is 2. The number of hydrogen-bond donors (Lipinski definition) is 0. The van der Waals surface area contributed by atoms with Gasteiger partial charge in [-0.15, -0.1) is 0 Å². The van der Waals surface area contributed by atoms with Gasteiger partial charge >= 0.3 is 0 Å². The molecular weight excluding hydrogens is 304 g/mol. The summed E-state index contributed by atoms with van der Waals surface area (Å²) in [7, 11) is 0. The second-order valence-corrected chi connectivity index (χ2v) is 5.17. The van der Waals surface area contributed by atoms with Crippen LogP contribution in [0.5, 0.6) is 0 Å². The zero-order chi connectivity index (χ0) is 17.2. The summed E-state index contributed by atoms with van der Waals surface area (Å²) < 4.78 is 0. The van der Waals surface area contributed by atoms with Gasteiger partial charge in [-0.1, -0.05) is 65.8 Å². The summed E-state index contributed by atoms with van der Waals surface area (Å²) >= 11 is 0. The average molecular weight is 314 g/mol. The quantitative estimate of drug-likeness (QED) is 0.375. The standard InChI is InChI=1S/C18H10N4O2/c19-11-18(13-9-5-2-6-10-13)16(23)14(12-7-3-1-4-8-12)15(17(18)24)21-22-20/h1-10H. The van der Waals surface area contributed by atoms with Gasteiger partial charge in [0.15, 0.2) is 11.6 Å². The molecule has 6 nitrogen and oxygen atoms in total. The summed E-state index contributed by atoms with van der Waals surface area (Å²) in [4.78, 5) is 28.6. The van der Waals surface area contributed by atoms with Crippen LogP contribution in [0.15, 0.2) is 71.5 Å². The topological polar surface area (TPSA) is 107 Å². The van der Waals surface area contributed by atoms with E-state index in [0.29, 0.717) is 5.56 Å². The fraction of sp³-hybridized carbons (Fsp3) is 0.0556. The molecule has 0 amide bonds. The Kier molecular flexibility index (Phi) is 3.70. The van der Waals surface area contributed by atoms with E-state index in [2.05, 4.69) is 10.0 Å². The van der Waals surface area contributed by atoms with Crippen LogP contribution in [0.4, 0.5) is 0 Å². The lowest BCUT2D eigenvalue weighted by Gasteiger charge is -2.18. The molecule has 0 bridgehead atoms. The van der Waals surface area contributed by atoms with Crippen molar-refractivity contribution in [1.82, 2.24) is 0 Å². The minimum absolute atomic E-state index is 0.0243. The summed E-state index contributed by atoms with van der Waals surface area (Å²) in [5.41, 5.74) is 7.12. The monoisotopic (exact) mass is 314 g/mol. The maximum atomic E-state index is 13.1. The Morgan fingerprint density at radius 3 is 2.08 bits per heavy atom.